The second-order valence-electron chi connectivity index (χ2n) is 5.90. The average Bonchev–Trinajstić information content (AvgIpc) is 2.46. The lowest BCUT2D eigenvalue weighted by Crippen LogP contribution is -2.34. The summed E-state index contributed by atoms with van der Waals surface area (Å²) in [6, 6.07) is 8.57. The number of ketones is 1. The summed E-state index contributed by atoms with van der Waals surface area (Å²) in [5.74, 6) is 0.217. The predicted molar refractivity (Wildman–Crippen MR) is 84.3 cm³/mol. The van der Waals surface area contributed by atoms with Crippen molar-refractivity contribution >= 4 is 5.78 Å². The number of hydrogen-bond acceptors (Lipinski definition) is 2. The topological polar surface area (TPSA) is 29.1 Å². The van der Waals surface area contributed by atoms with Crippen molar-refractivity contribution in [2.24, 2.45) is 0 Å². The third kappa shape index (κ3) is 4.75. The Morgan fingerprint density at radius 1 is 1.05 bits per heavy atom. The minimum atomic E-state index is 0.217. The summed E-state index contributed by atoms with van der Waals surface area (Å²) in [7, 11) is 0. The Hall–Kier alpha value is -1.15. The van der Waals surface area contributed by atoms with Gasteiger partial charge in [0.25, 0.3) is 0 Å². The van der Waals surface area contributed by atoms with Gasteiger partial charge in [0.2, 0.25) is 0 Å². The van der Waals surface area contributed by atoms with Crippen LogP contribution in [0.3, 0.4) is 0 Å². The molecule has 1 aromatic carbocycles. The molecule has 20 heavy (non-hydrogen) atoms. The van der Waals surface area contributed by atoms with Crippen LogP contribution in [0.4, 0.5) is 0 Å². The Balaban J connectivity index is 1.80. The number of benzene rings is 1. The normalized spacial score (nSPS) is 17.4. The Kier molecular flexibility index (Phi) is 6.25. The number of carbonyl (C=O) groups excluding carboxylic acids is 1. The van der Waals surface area contributed by atoms with E-state index in [0.717, 1.165) is 12.0 Å². The fourth-order valence-corrected chi connectivity index (χ4v) is 2.93. The van der Waals surface area contributed by atoms with Gasteiger partial charge in [-0.15, -0.1) is 0 Å². The minimum Gasteiger partial charge on any atom is -0.307 e. The molecule has 1 aliphatic carbocycles. The summed E-state index contributed by atoms with van der Waals surface area (Å²) in [5.41, 5.74) is 2.12. The van der Waals surface area contributed by atoms with Crippen LogP contribution in [0.25, 0.3) is 0 Å². The van der Waals surface area contributed by atoms with Gasteiger partial charge in [0, 0.05) is 11.6 Å². The van der Waals surface area contributed by atoms with Crippen molar-refractivity contribution in [3.05, 3.63) is 35.4 Å². The van der Waals surface area contributed by atoms with Gasteiger partial charge in [0.1, 0.15) is 0 Å². The molecule has 0 saturated heterocycles. The molecule has 0 spiro atoms. The molecule has 0 aromatic heterocycles. The van der Waals surface area contributed by atoms with Gasteiger partial charge in [-0.2, -0.15) is 0 Å². The summed E-state index contributed by atoms with van der Waals surface area (Å²) in [6.45, 7) is 2.61. The molecule has 2 rings (SSSR count). The molecule has 1 aromatic rings. The van der Waals surface area contributed by atoms with Crippen LogP contribution in [-0.2, 0) is 6.42 Å². The Labute approximate surface area is 123 Å². The van der Waals surface area contributed by atoms with Gasteiger partial charge in [0.05, 0.1) is 6.54 Å². The van der Waals surface area contributed by atoms with E-state index in [0.29, 0.717) is 12.6 Å². The highest BCUT2D eigenvalue weighted by Crippen LogP contribution is 2.17. The number of rotatable bonds is 5. The largest absolute Gasteiger partial charge is 0.307 e. The molecule has 0 radical (unpaired) electrons. The summed E-state index contributed by atoms with van der Waals surface area (Å²) in [4.78, 5) is 12.2. The maximum Gasteiger partial charge on any atom is 0.176 e. The van der Waals surface area contributed by atoms with Gasteiger partial charge in [-0.05, 0) is 24.8 Å². The third-order valence-electron chi connectivity index (χ3n) is 4.34. The first kappa shape index (κ1) is 15.2. The predicted octanol–water partition coefficient (Wildman–Crippen LogP) is 4.13. The van der Waals surface area contributed by atoms with Crippen molar-refractivity contribution in [3.63, 3.8) is 0 Å². The first-order valence-corrected chi connectivity index (χ1v) is 8.15. The van der Waals surface area contributed by atoms with Crippen LogP contribution < -0.4 is 5.32 Å². The second kappa shape index (κ2) is 8.21. The van der Waals surface area contributed by atoms with Crippen LogP contribution >= 0.6 is 0 Å². The minimum absolute atomic E-state index is 0.217. The molecule has 110 valence electrons. The monoisotopic (exact) mass is 273 g/mol. The van der Waals surface area contributed by atoms with E-state index in [9.17, 15) is 4.79 Å². The molecular weight excluding hydrogens is 246 g/mol. The van der Waals surface area contributed by atoms with Crippen LogP contribution in [0.2, 0.25) is 0 Å². The van der Waals surface area contributed by atoms with Crippen LogP contribution in [0.5, 0.6) is 0 Å². The summed E-state index contributed by atoms with van der Waals surface area (Å²) >= 11 is 0. The number of carbonyl (C=O) groups is 1. The van der Waals surface area contributed by atoms with Crippen molar-refractivity contribution in [3.8, 4) is 0 Å². The maximum atomic E-state index is 12.2. The molecule has 1 fully saturated rings. The maximum absolute atomic E-state index is 12.2. The number of aryl methyl sites for hydroxylation is 1. The van der Waals surface area contributed by atoms with Gasteiger partial charge in [-0.1, -0.05) is 63.3 Å². The second-order valence-corrected chi connectivity index (χ2v) is 5.90. The third-order valence-corrected chi connectivity index (χ3v) is 4.34. The van der Waals surface area contributed by atoms with E-state index < -0.39 is 0 Å². The van der Waals surface area contributed by atoms with E-state index in [4.69, 9.17) is 0 Å². The van der Waals surface area contributed by atoms with E-state index in [1.807, 2.05) is 12.1 Å². The first-order chi connectivity index (χ1) is 9.79. The lowest BCUT2D eigenvalue weighted by molar-refractivity contribution is 0.0985. The Morgan fingerprint density at radius 2 is 1.65 bits per heavy atom. The fraction of sp³-hybridized carbons (Fsp3) is 0.611. The van der Waals surface area contributed by atoms with E-state index in [1.54, 1.807) is 0 Å². The lowest BCUT2D eigenvalue weighted by atomic mass is 9.96. The molecule has 1 N–H and O–H groups in total. The molecule has 0 aliphatic heterocycles. The number of nitrogens with one attached hydrogen (secondary N) is 1. The Bertz CT molecular complexity index is 402. The summed E-state index contributed by atoms with van der Waals surface area (Å²) < 4.78 is 0. The highest BCUT2D eigenvalue weighted by atomic mass is 16.1. The van der Waals surface area contributed by atoms with Gasteiger partial charge in [-0.3, -0.25) is 4.79 Å². The average molecular weight is 273 g/mol. The molecular formula is C18H27NO. The summed E-state index contributed by atoms with van der Waals surface area (Å²) in [6.07, 6.45) is 10.2. The summed E-state index contributed by atoms with van der Waals surface area (Å²) in [5, 5.41) is 3.47. The van der Waals surface area contributed by atoms with E-state index in [2.05, 4.69) is 24.4 Å². The number of Topliss-reactive ketones (excluding diaryl/α,β-unsaturated/α-hetero) is 1. The van der Waals surface area contributed by atoms with Crippen LogP contribution in [0.1, 0.15) is 67.8 Å². The molecule has 1 aliphatic rings. The first-order valence-electron chi connectivity index (χ1n) is 8.15. The van der Waals surface area contributed by atoms with Gasteiger partial charge in [-0.25, -0.2) is 0 Å². The van der Waals surface area contributed by atoms with Gasteiger partial charge >= 0.3 is 0 Å². The van der Waals surface area contributed by atoms with Crippen LogP contribution in [0, 0.1) is 0 Å². The highest BCUT2D eigenvalue weighted by Gasteiger charge is 2.13. The zero-order valence-corrected chi connectivity index (χ0v) is 12.7. The van der Waals surface area contributed by atoms with Gasteiger partial charge in [0.15, 0.2) is 5.78 Å². The van der Waals surface area contributed by atoms with E-state index in [1.165, 1.54) is 50.5 Å². The zero-order chi connectivity index (χ0) is 14.2. The van der Waals surface area contributed by atoms with Crippen LogP contribution in [0.15, 0.2) is 24.3 Å². The molecule has 1 saturated carbocycles. The molecule has 0 heterocycles. The van der Waals surface area contributed by atoms with E-state index >= 15 is 0 Å². The van der Waals surface area contributed by atoms with Crippen molar-refractivity contribution in [2.75, 3.05) is 6.54 Å². The fourth-order valence-electron chi connectivity index (χ4n) is 2.93. The zero-order valence-electron chi connectivity index (χ0n) is 12.7. The van der Waals surface area contributed by atoms with Crippen molar-refractivity contribution < 1.29 is 4.79 Å². The van der Waals surface area contributed by atoms with E-state index in [-0.39, 0.29) is 5.78 Å². The lowest BCUT2D eigenvalue weighted by Gasteiger charge is -2.20. The van der Waals surface area contributed by atoms with Crippen LogP contribution in [-0.4, -0.2) is 18.4 Å². The molecule has 2 heteroatoms. The highest BCUT2D eigenvalue weighted by molar-refractivity contribution is 5.97. The van der Waals surface area contributed by atoms with Gasteiger partial charge < -0.3 is 5.32 Å². The SMILES string of the molecule is CCc1ccc(C(=O)CNC2CCCCCCC2)cc1. The Morgan fingerprint density at radius 3 is 2.25 bits per heavy atom. The quantitative estimate of drug-likeness (QED) is 0.817. The number of hydrogen-bond donors (Lipinski definition) is 1. The van der Waals surface area contributed by atoms with Crippen molar-refractivity contribution in [1.29, 1.82) is 0 Å². The molecule has 0 unspecified atom stereocenters. The smallest absolute Gasteiger partial charge is 0.176 e. The molecule has 0 atom stereocenters. The van der Waals surface area contributed by atoms with Crippen molar-refractivity contribution in [1.82, 2.24) is 5.32 Å². The standard InChI is InChI=1S/C18H27NO/c1-2-15-10-12-16(13-11-15)18(20)14-19-17-8-6-4-3-5-7-9-17/h10-13,17,19H,2-9,14H2,1H3. The molecule has 0 bridgehead atoms. The molecule has 0 amide bonds. The molecule has 2 nitrogen and oxygen atoms in total. The van der Waals surface area contributed by atoms with Crippen molar-refractivity contribution in [2.45, 2.75) is 64.3 Å².